The molecular weight excluding hydrogens is 352 g/mol. The average molecular weight is 372 g/mol. The van der Waals surface area contributed by atoms with Gasteiger partial charge in [-0.25, -0.2) is 4.98 Å². The standard InChI is InChI=1S/C22H20N4O2/c1-15(27)24-17-6-8-18(9-7-17)25-22(28)20-11-10-19(14-23-20)26-13-12-16-4-2-3-5-21(16)26/h2-11,14H,12-13H2,1H3,(H,24,27)(H,25,28). The zero-order valence-electron chi connectivity index (χ0n) is 15.5. The van der Waals surface area contributed by atoms with Gasteiger partial charge in [-0.2, -0.15) is 0 Å². The van der Waals surface area contributed by atoms with Crippen LogP contribution in [0.2, 0.25) is 0 Å². The number of fused-ring (bicyclic) bond motifs is 1. The second-order valence-corrected chi connectivity index (χ2v) is 6.64. The van der Waals surface area contributed by atoms with Crippen molar-refractivity contribution < 1.29 is 9.59 Å². The molecule has 0 unspecified atom stereocenters. The minimum absolute atomic E-state index is 0.137. The van der Waals surface area contributed by atoms with Crippen LogP contribution in [0.25, 0.3) is 0 Å². The molecule has 140 valence electrons. The third kappa shape index (κ3) is 3.71. The summed E-state index contributed by atoms with van der Waals surface area (Å²) in [5, 5.41) is 5.50. The van der Waals surface area contributed by atoms with E-state index in [9.17, 15) is 9.59 Å². The van der Waals surface area contributed by atoms with Crippen molar-refractivity contribution in [3.63, 3.8) is 0 Å². The van der Waals surface area contributed by atoms with Gasteiger partial charge in [-0.15, -0.1) is 0 Å². The molecule has 0 fully saturated rings. The van der Waals surface area contributed by atoms with Crippen LogP contribution in [0.15, 0.2) is 66.9 Å². The second kappa shape index (κ2) is 7.52. The zero-order chi connectivity index (χ0) is 19.5. The Bertz CT molecular complexity index is 1010. The van der Waals surface area contributed by atoms with Crippen molar-refractivity contribution in [2.75, 3.05) is 22.1 Å². The number of para-hydroxylation sites is 1. The van der Waals surface area contributed by atoms with E-state index < -0.39 is 0 Å². The number of rotatable bonds is 4. The SMILES string of the molecule is CC(=O)Nc1ccc(NC(=O)c2ccc(N3CCc4ccccc43)cn2)cc1. The van der Waals surface area contributed by atoms with E-state index in [1.54, 1.807) is 36.5 Å². The summed E-state index contributed by atoms with van der Waals surface area (Å²) in [7, 11) is 0. The maximum absolute atomic E-state index is 12.5. The molecule has 28 heavy (non-hydrogen) atoms. The molecule has 2 aromatic carbocycles. The molecule has 4 rings (SSSR count). The molecule has 0 atom stereocenters. The first-order chi connectivity index (χ1) is 13.6. The Labute approximate surface area is 163 Å². The highest BCUT2D eigenvalue weighted by atomic mass is 16.2. The summed E-state index contributed by atoms with van der Waals surface area (Å²) in [5.74, 6) is -0.414. The predicted octanol–water partition coefficient (Wildman–Crippen LogP) is 3.99. The molecule has 2 amide bonds. The number of amides is 2. The van der Waals surface area contributed by atoms with Gasteiger partial charge in [0.15, 0.2) is 0 Å². The second-order valence-electron chi connectivity index (χ2n) is 6.64. The molecule has 0 saturated heterocycles. The number of hydrogen-bond donors (Lipinski definition) is 2. The lowest BCUT2D eigenvalue weighted by Crippen LogP contribution is -2.16. The highest BCUT2D eigenvalue weighted by molar-refractivity contribution is 6.03. The first-order valence-electron chi connectivity index (χ1n) is 9.11. The van der Waals surface area contributed by atoms with Gasteiger partial charge in [0.1, 0.15) is 5.69 Å². The lowest BCUT2D eigenvalue weighted by molar-refractivity contribution is -0.114. The molecule has 6 heteroatoms. The van der Waals surface area contributed by atoms with Gasteiger partial charge in [-0.1, -0.05) is 18.2 Å². The Kier molecular flexibility index (Phi) is 4.76. The highest BCUT2D eigenvalue weighted by Crippen LogP contribution is 2.33. The van der Waals surface area contributed by atoms with E-state index in [1.165, 1.54) is 18.2 Å². The molecule has 0 bridgehead atoms. The predicted molar refractivity (Wildman–Crippen MR) is 110 cm³/mol. The number of carbonyl (C=O) groups is 2. The molecular formula is C22H20N4O2. The number of nitrogens with one attached hydrogen (secondary N) is 2. The molecule has 1 aliphatic rings. The van der Waals surface area contributed by atoms with Gasteiger partial charge in [0, 0.05) is 30.5 Å². The van der Waals surface area contributed by atoms with Crippen molar-refractivity contribution in [1.82, 2.24) is 4.98 Å². The number of carbonyl (C=O) groups excluding carboxylic acids is 2. The Morgan fingerprint density at radius 2 is 1.64 bits per heavy atom. The van der Waals surface area contributed by atoms with Gasteiger partial charge in [0.25, 0.3) is 5.91 Å². The van der Waals surface area contributed by atoms with Crippen molar-refractivity contribution in [2.45, 2.75) is 13.3 Å². The van der Waals surface area contributed by atoms with Crippen LogP contribution >= 0.6 is 0 Å². The van der Waals surface area contributed by atoms with E-state index in [0.29, 0.717) is 17.1 Å². The number of nitrogens with zero attached hydrogens (tertiary/aromatic N) is 2. The molecule has 0 spiro atoms. The summed E-state index contributed by atoms with van der Waals surface area (Å²) >= 11 is 0. The summed E-state index contributed by atoms with van der Waals surface area (Å²) in [5.41, 5.74) is 5.16. The molecule has 2 heterocycles. The summed E-state index contributed by atoms with van der Waals surface area (Å²) in [6.45, 7) is 2.36. The molecule has 3 aromatic rings. The topological polar surface area (TPSA) is 74.3 Å². The average Bonchev–Trinajstić information content (AvgIpc) is 3.13. The van der Waals surface area contributed by atoms with Crippen molar-refractivity contribution in [2.24, 2.45) is 0 Å². The zero-order valence-corrected chi connectivity index (χ0v) is 15.5. The summed E-state index contributed by atoms with van der Waals surface area (Å²) in [4.78, 5) is 30.1. The third-order valence-electron chi connectivity index (χ3n) is 4.64. The molecule has 6 nitrogen and oxygen atoms in total. The summed E-state index contributed by atoms with van der Waals surface area (Å²) in [6, 6.07) is 18.9. The Hall–Kier alpha value is -3.67. The van der Waals surface area contributed by atoms with E-state index in [-0.39, 0.29) is 11.8 Å². The minimum Gasteiger partial charge on any atom is -0.340 e. The smallest absolute Gasteiger partial charge is 0.274 e. The Balaban J connectivity index is 1.44. The molecule has 0 saturated carbocycles. The van der Waals surface area contributed by atoms with Crippen LogP contribution in [-0.4, -0.2) is 23.3 Å². The van der Waals surface area contributed by atoms with Crippen molar-refractivity contribution in [3.8, 4) is 0 Å². The Morgan fingerprint density at radius 1 is 0.929 bits per heavy atom. The van der Waals surface area contributed by atoms with E-state index in [2.05, 4.69) is 38.7 Å². The van der Waals surface area contributed by atoms with Gasteiger partial charge in [0.05, 0.1) is 11.9 Å². The number of aromatic nitrogens is 1. The molecule has 1 aliphatic heterocycles. The summed E-state index contributed by atoms with van der Waals surface area (Å²) < 4.78 is 0. The van der Waals surface area contributed by atoms with Gasteiger partial charge in [-0.05, 0) is 54.4 Å². The fourth-order valence-corrected chi connectivity index (χ4v) is 3.32. The number of anilines is 4. The maximum Gasteiger partial charge on any atom is 0.274 e. The van der Waals surface area contributed by atoms with Crippen LogP contribution in [0.5, 0.6) is 0 Å². The number of benzene rings is 2. The molecule has 0 aliphatic carbocycles. The van der Waals surface area contributed by atoms with Crippen molar-refractivity contribution in [3.05, 3.63) is 78.1 Å². The van der Waals surface area contributed by atoms with Crippen LogP contribution in [0, 0.1) is 0 Å². The van der Waals surface area contributed by atoms with E-state index in [0.717, 1.165) is 18.7 Å². The van der Waals surface area contributed by atoms with Crippen molar-refractivity contribution >= 4 is 34.6 Å². The van der Waals surface area contributed by atoms with Gasteiger partial charge in [-0.3, -0.25) is 9.59 Å². The van der Waals surface area contributed by atoms with E-state index >= 15 is 0 Å². The number of pyridine rings is 1. The number of hydrogen-bond acceptors (Lipinski definition) is 4. The maximum atomic E-state index is 12.5. The van der Waals surface area contributed by atoms with Gasteiger partial charge >= 0.3 is 0 Å². The van der Waals surface area contributed by atoms with E-state index in [1.807, 2.05) is 12.1 Å². The molecule has 1 aromatic heterocycles. The van der Waals surface area contributed by atoms with Crippen LogP contribution in [-0.2, 0) is 11.2 Å². The lowest BCUT2D eigenvalue weighted by Gasteiger charge is -2.19. The molecule has 2 N–H and O–H groups in total. The summed E-state index contributed by atoms with van der Waals surface area (Å²) in [6.07, 6.45) is 2.74. The monoisotopic (exact) mass is 372 g/mol. The Morgan fingerprint density at radius 3 is 2.32 bits per heavy atom. The molecule has 0 radical (unpaired) electrons. The third-order valence-corrected chi connectivity index (χ3v) is 4.64. The van der Waals surface area contributed by atoms with Crippen LogP contribution in [0.3, 0.4) is 0 Å². The van der Waals surface area contributed by atoms with Gasteiger partial charge < -0.3 is 15.5 Å². The first kappa shape index (κ1) is 17.7. The largest absolute Gasteiger partial charge is 0.340 e. The lowest BCUT2D eigenvalue weighted by atomic mass is 10.2. The minimum atomic E-state index is -0.277. The van der Waals surface area contributed by atoms with Crippen LogP contribution in [0.4, 0.5) is 22.7 Å². The van der Waals surface area contributed by atoms with E-state index in [4.69, 9.17) is 0 Å². The van der Waals surface area contributed by atoms with Crippen molar-refractivity contribution in [1.29, 1.82) is 0 Å². The van der Waals surface area contributed by atoms with Crippen LogP contribution < -0.4 is 15.5 Å². The fraction of sp³-hybridized carbons (Fsp3) is 0.136. The van der Waals surface area contributed by atoms with Gasteiger partial charge in [0.2, 0.25) is 5.91 Å². The quantitative estimate of drug-likeness (QED) is 0.726. The fourth-order valence-electron chi connectivity index (χ4n) is 3.32. The van der Waals surface area contributed by atoms with Crippen LogP contribution in [0.1, 0.15) is 23.0 Å². The first-order valence-corrected chi connectivity index (χ1v) is 9.11. The normalized spacial score (nSPS) is 12.4. The highest BCUT2D eigenvalue weighted by Gasteiger charge is 2.20.